The Kier molecular flexibility index (Phi) is 8.13. The van der Waals surface area contributed by atoms with E-state index in [0.717, 1.165) is 25.2 Å². The number of anilines is 2. The van der Waals surface area contributed by atoms with Crippen LogP contribution in [0.25, 0.3) is 0 Å². The molecule has 0 spiro atoms. The van der Waals surface area contributed by atoms with E-state index >= 15 is 0 Å². The molecule has 0 aromatic heterocycles. The van der Waals surface area contributed by atoms with Gasteiger partial charge in [0.25, 0.3) is 5.91 Å². The van der Waals surface area contributed by atoms with Gasteiger partial charge in [0.2, 0.25) is 0 Å². The molecule has 3 aromatic carbocycles. The highest BCUT2D eigenvalue weighted by Crippen LogP contribution is 2.17. The van der Waals surface area contributed by atoms with Gasteiger partial charge in [-0.1, -0.05) is 42.5 Å². The van der Waals surface area contributed by atoms with Crippen molar-refractivity contribution in [2.45, 2.75) is 39.1 Å². The highest BCUT2D eigenvalue weighted by Gasteiger charge is 2.22. The molecule has 1 fully saturated rings. The molecule has 1 aliphatic heterocycles. The molecule has 4 rings (SSSR count). The van der Waals surface area contributed by atoms with E-state index in [1.807, 2.05) is 42.5 Å². The summed E-state index contributed by atoms with van der Waals surface area (Å²) in [6.45, 7) is 7.28. The summed E-state index contributed by atoms with van der Waals surface area (Å²) in [6, 6.07) is 23.9. The van der Waals surface area contributed by atoms with Gasteiger partial charge in [-0.3, -0.25) is 9.69 Å². The number of para-hydroxylation sites is 1. The lowest BCUT2D eigenvalue weighted by Crippen LogP contribution is -2.45. The van der Waals surface area contributed by atoms with Crippen molar-refractivity contribution >= 4 is 23.3 Å². The Morgan fingerprint density at radius 3 is 2.03 bits per heavy atom. The number of nitrogens with zero attached hydrogens (tertiary/aromatic N) is 1. The van der Waals surface area contributed by atoms with Crippen molar-refractivity contribution in [1.29, 1.82) is 0 Å². The van der Waals surface area contributed by atoms with Gasteiger partial charge in [0.15, 0.2) is 0 Å². The minimum atomic E-state index is -0.339. The zero-order chi connectivity index (χ0) is 24.6. The van der Waals surface area contributed by atoms with E-state index in [9.17, 15) is 9.59 Å². The molecule has 7 heteroatoms. The number of benzene rings is 3. The number of ether oxygens (including phenoxy) is 1. The van der Waals surface area contributed by atoms with Gasteiger partial charge < -0.3 is 20.7 Å². The molecule has 35 heavy (non-hydrogen) atoms. The third kappa shape index (κ3) is 7.15. The van der Waals surface area contributed by atoms with Gasteiger partial charge >= 0.3 is 6.03 Å². The van der Waals surface area contributed by atoms with Crippen molar-refractivity contribution in [2.24, 2.45) is 0 Å². The zero-order valence-electron chi connectivity index (χ0n) is 20.2. The molecule has 0 saturated carbocycles. The van der Waals surface area contributed by atoms with Crippen LogP contribution in [-0.4, -0.2) is 42.1 Å². The maximum Gasteiger partial charge on any atom is 0.323 e. The predicted octanol–water partition coefficient (Wildman–Crippen LogP) is 4.87. The Morgan fingerprint density at radius 1 is 0.800 bits per heavy atom. The third-order valence-electron chi connectivity index (χ3n) is 5.88. The average Bonchev–Trinajstić information content (AvgIpc) is 2.84. The number of hydrogen-bond donors (Lipinski definition) is 3. The number of hydrogen-bond acceptors (Lipinski definition) is 4. The summed E-state index contributed by atoms with van der Waals surface area (Å²) in [6.07, 6.45) is 0.431. The number of nitrogens with one attached hydrogen (secondary N) is 3. The fourth-order valence-electron chi connectivity index (χ4n) is 4.34. The summed E-state index contributed by atoms with van der Waals surface area (Å²) < 4.78 is 5.84. The quantitative estimate of drug-likeness (QED) is 0.458. The molecule has 7 nitrogen and oxygen atoms in total. The molecule has 3 aromatic rings. The fourth-order valence-corrected chi connectivity index (χ4v) is 4.34. The van der Waals surface area contributed by atoms with E-state index in [1.165, 1.54) is 5.56 Å². The Labute approximate surface area is 206 Å². The number of urea groups is 1. The van der Waals surface area contributed by atoms with Crippen molar-refractivity contribution in [3.63, 3.8) is 0 Å². The molecule has 0 radical (unpaired) electrons. The van der Waals surface area contributed by atoms with E-state index in [1.54, 1.807) is 24.3 Å². The van der Waals surface area contributed by atoms with Crippen molar-refractivity contribution in [2.75, 3.05) is 23.7 Å². The van der Waals surface area contributed by atoms with Gasteiger partial charge in [-0.05, 0) is 61.4 Å². The molecule has 0 aliphatic carbocycles. The van der Waals surface area contributed by atoms with Gasteiger partial charge in [-0.2, -0.15) is 0 Å². The maximum absolute atomic E-state index is 12.7. The second kappa shape index (κ2) is 11.6. The normalized spacial score (nSPS) is 18.0. The first-order valence-corrected chi connectivity index (χ1v) is 11.9. The molecule has 2 atom stereocenters. The fraction of sp³-hybridized carbons (Fsp3) is 0.286. The standard InChI is InChI=1S/C28H32N4O3/c1-20-17-32(18-21(2)35-20)19-24-9-7-6-8-23(24)16-29-27(33)22-12-14-26(15-13-22)31-28(34)30-25-10-4-3-5-11-25/h3-15,20-21H,16-19H2,1-2H3,(H,29,33)(H2,30,31,34). The summed E-state index contributed by atoms with van der Waals surface area (Å²) in [7, 11) is 0. The first-order valence-electron chi connectivity index (χ1n) is 11.9. The van der Waals surface area contributed by atoms with Crippen LogP contribution >= 0.6 is 0 Å². The van der Waals surface area contributed by atoms with Crippen LogP contribution in [0.3, 0.4) is 0 Å². The monoisotopic (exact) mass is 472 g/mol. The van der Waals surface area contributed by atoms with Crippen LogP contribution in [0, 0.1) is 0 Å². The summed E-state index contributed by atoms with van der Waals surface area (Å²) >= 11 is 0. The molecule has 1 heterocycles. The van der Waals surface area contributed by atoms with E-state index in [0.29, 0.717) is 23.5 Å². The predicted molar refractivity (Wildman–Crippen MR) is 138 cm³/mol. The molecule has 1 aliphatic rings. The first kappa shape index (κ1) is 24.4. The van der Waals surface area contributed by atoms with Crippen molar-refractivity contribution in [3.8, 4) is 0 Å². The zero-order valence-corrected chi connectivity index (χ0v) is 20.2. The second-order valence-electron chi connectivity index (χ2n) is 8.93. The molecule has 0 bridgehead atoms. The third-order valence-corrected chi connectivity index (χ3v) is 5.88. The summed E-state index contributed by atoms with van der Waals surface area (Å²) in [5.41, 5.74) is 4.15. The van der Waals surface area contributed by atoms with Crippen LogP contribution in [0.15, 0.2) is 78.9 Å². The molecular formula is C28H32N4O3. The minimum Gasteiger partial charge on any atom is -0.373 e. The number of carbonyl (C=O) groups excluding carboxylic acids is 2. The van der Waals surface area contributed by atoms with Gasteiger partial charge in [-0.25, -0.2) is 4.79 Å². The van der Waals surface area contributed by atoms with Crippen LogP contribution in [0.5, 0.6) is 0 Å². The van der Waals surface area contributed by atoms with E-state index in [2.05, 4.69) is 46.8 Å². The maximum atomic E-state index is 12.7. The summed E-state index contributed by atoms with van der Waals surface area (Å²) in [5, 5.41) is 8.56. The SMILES string of the molecule is CC1CN(Cc2ccccc2CNC(=O)c2ccc(NC(=O)Nc3ccccc3)cc2)CC(C)O1. The van der Waals surface area contributed by atoms with Crippen LogP contribution in [0.1, 0.15) is 35.3 Å². The average molecular weight is 473 g/mol. The summed E-state index contributed by atoms with van der Waals surface area (Å²) in [4.78, 5) is 27.3. The molecule has 182 valence electrons. The highest BCUT2D eigenvalue weighted by atomic mass is 16.5. The molecule has 2 unspecified atom stereocenters. The Morgan fingerprint density at radius 2 is 1.37 bits per heavy atom. The molecule has 3 N–H and O–H groups in total. The van der Waals surface area contributed by atoms with E-state index in [-0.39, 0.29) is 24.1 Å². The van der Waals surface area contributed by atoms with E-state index in [4.69, 9.17) is 4.74 Å². The van der Waals surface area contributed by atoms with Crippen molar-refractivity contribution in [3.05, 3.63) is 95.6 Å². The van der Waals surface area contributed by atoms with Gasteiger partial charge in [-0.15, -0.1) is 0 Å². The summed E-state index contributed by atoms with van der Waals surface area (Å²) in [5.74, 6) is -0.159. The van der Waals surface area contributed by atoms with Crippen molar-refractivity contribution < 1.29 is 14.3 Å². The lowest BCUT2D eigenvalue weighted by atomic mass is 10.1. The minimum absolute atomic E-state index is 0.159. The van der Waals surface area contributed by atoms with Crippen LogP contribution in [-0.2, 0) is 17.8 Å². The largest absolute Gasteiger partial charge is 0.373 e. The smallest absolute Gasteiger partial charge is 0.323 e. The van der Waals surface area contributed by atoms with E-state index < -0.39 is 0 Å². The van der Waals surface area contributed by atoms with Crippen LogP contribution in [0.4, 0.5) is 16.2 Å². The van der Waals surface area contributed by atoms with Gasteiger partial charge in [0.05, 0.1) is 12.2 Å². The number of carbonyl (C=O) groups is 2. The van der Waals surface area contributed by atoms with Crippen LogP contribution < -0.4 is 16.0 Å². The van der Waals surface area contributed by atoms with Gasteiger partial charge in [0.1, 0.15) is 0 Å². The number of rotatable bonds is 7. The highest BCUT2D eigenvalue weighted by molar-refractivity contribution is 6.00. The Bertz CT molecular complexity index is 1120. The first-order chi connectivity index (χ1) is 17.0. The lowest BCUT2D eigenvalue weighted by molar-refractivity contribution is -0.0705. The Hall–Kier alpha value is -3.68. The topological polar surface area (TPSA) is 82.7 Å². The van der Waals surface area contributed by atoms with Crippen LogP contribution in [0.2, 0.25) is 0 Å². The Balaban J connectivity index is 1.30. The van der Waals surface area contributed by atoms with Crippen molar-refractivity contribution in [1.82, 2.24) is 10.2 Å². The number of amides is 3. The van der Waals surface area contributed by atoms with Gasteiger partial charge in [0, 0.05) is 43.1 Å². The molecule has 3 amide bonds. The molecule has 1 saturated heterocycles. The molecular weight excluding hydrogens is 440 g/mol. The second-order valence-corrected chi connectivity index (χ2v) is 8.93. The number of morpholine rings is 1. The lowest BCUT2D eigenvalue weighted by Gasteiger charge is -2.35.